The van der Waals surface area contributed by atoms with Crippen molar-refractivity contribution in [3.8, 4) is 0 Å². The first-order valence-electron chi connectivity index (χ1n) is 2.06. The average molecular weight is 151 g/mol. The van der Waals surface area contributed by atoms with E-state index in [0.717, 1.165) is 0 Å². The van der Waals surface area contributed by atoms with Crippen LogP contribution in [0.3, 0.4) is 0 Å². The second-order valence-corrected chi connectivity index (χ2v) is 1.69. The first-order chi connectivity index (χ1) is 4.09. The van der Waals surface area contributed by atoms with Gasteiger partial charge in [0.1, 0.15) is 0 Å². The summed E-state index contributed by atoms with van der Waals surface area (Å²) in [5.41, 5.74) is 0. The Labute approximate surface area is 56.2 Å². The molecule has 5 nitrogen and oxygen atoms in total. The van der Waals surface area contributed by atoms with Gasteiger partial charge in [-0.25, -0.2) is 4.79 Å². The summed E-state index contributed by atoms with van der Waals surface area (Å²) in [6, 6.07) is -1.58. The van der Waals surface area contributed by atoms with E-state index in [-0.39, 0.29) is 5.75 Å². The molecule has 52 valence electrons. The molecule has 1 atom stereocenters. The molecule has 1 unspecified atom stereocenters. The van der Waals surface area contributed by atoms with Gasteiger partial charge in [-0.3, -0.25) is 10.1 Å². The maximum atomic E-state index is 9.88. The molecule has 0 rings (SSSR count). The smallest absolute Gasteiger partial charge is 0.380 e. The summed E-state index contributed by atoms with van der Waals surface area (Å²) in [5, 5.41) is 17.8. The minimum atomic E-state index is -1.58. The van der Waals surface area contributed by atoms with Gasteiger partial charge in [0.05, 0.1) is 5.75 Å². The third-order valence-corrected chi connectivity index (χ3v) is 1.06. The summed E-state index contributed by atoms with van der Waals surface area (Å²) >= 11 is 3.47. The highest BCUT2D eigenvalue weighted by atomic mass is 32.1. The van der Waals surface area contributed by atoms with E-state index >= 15 is 0 Å². The molecular formula is C3H5NO4S. The molecule has 0 bridgehead atoms. The Bertz CT molecular complexity index is 122. The van der Waals surface area contributed by atoms with Crippen LogP contribution in [0.5, 0.6) is 0 Å². The predicted molar refractivity (Wildman–Crippen MR) is 32.3 cm³/mol. The molecule has 1 N–H and O–H groups in total. The number of hydrogen-bond donors (Lipinski definition) is 2. The molecule has 0 aromatic rings. The van der Waals surface area contributed by atoms with Crippen molar-refractivity contribution < 1.29 is 14.8 Å². The minimum absolute atomic E-state index is 0.275. The van der Waals surface area contributed by atoms with Crippen molar-refractivity contribution in [1.29, 1.82) is 0 Å². The fourth-order valence-electron chi connectivity index (χ4n) is 0.235. The Balaban J connectivity index is 3.99. The average Bonchev–Trinajstić information content (AvgIpc) is 1.64. The van der Waals surface area contributed by atoms with Crippen LogP contribution < -0.4 is 0 Å². The highest BCUT2D eigenvalue weighted by Crippen LogP contribution is 1.91. The van der Waals surface area contributed by atoms with Gasteiger partial charge in [0.15, 0.2) is 0 Å². The highest BCUT2D eigenvalue weighted by Gasteiger charge is 2.26. The van der Waals surface area contributed by atoms with Crippen molar-refractivity contribution in [3.05, 3.63) is 10.1 Å². The van der Waals surface area contributed by atoms with Gasteiger partial charge in [-0.15, -0.1) is 0 Å². The molecule has 0 fully saturated rings. The zero-order valence-corrected chi connectivity index (χ0v) is 5.25. The van der Waals surface area contributed by atoms with E-state index in [4.69, 9.17) is 5.11 Å². The maximum absolute atomic E-state index is 9.88. The van der Waals surface area contributed by atoms with E-state index in [1.807, 2.05) is 0 Å². The van der Waals surface area contributed by atoms with Crippen LogP contribution in [0.2, 0.25) is 0 Å². The van der Waals surface area contributed by atoms with E-state index in [2.05, 4.69) is 12.6 Å². The molecule has 0 aliphatic rings. The first kappa shape index (κ1) is 8.22. The molecule has 0 saturated carbocycles. The van der Waals surface area contributed by atoms with E-state index < -0.39 is 16.9 Å². The zero-order chi connectivity index (χ0) is 7.44. The van der Waals surface area contributed by atoms with Crippen LogP contribution in [-0.4, -0.2) is 27.8 Å². The van der Waals surface area contributed by atoms with Gasteiger partial charge < -0.3 is 5.11 Å². The summed E-state index contributed by atoms with van der Waals surface area (Å²) in [4.78, 5) is 18.7. The van der Waals surface area contributed by atoms with Gasteiger partial charge in [-0.2, -0.15) is 12.6 Å². The molecule has 0 aliphatic heterocycles. The number of rotatable bonds is 3. The summed E-state index contributed by atoms with van der Waals surface area (Å²) in [6.45, 7) is 0. The van der Waals surface area contributed by atoms with Crippen LogP contribution in [0.1, 0.15) is 0 Å². The number of carboxylic acid groups (broad SMARTS) is 1. The van der Waals surface area contributed by atoms with Crippen LogP contribution in [-0.2, 0) is 4.79 Å². The van der Waals surface area contributed by atoms with E-state index in [1.54, 1.807) is 0 Å². The van der Waals surface area contributed by atoms with Gasteiger partial charge in [-0.05, 0) is 0 Å². The first-order valence-corrected chi connectivity index (χ1v) is 2.70. The Hall–Kier alpha value is -0.780. The fraction of sp³-hybridized carbons (Fsp3) is 0.667. The van der Waals surface area contributed by atoms with Crippen LogP contribution >= 0.6 is 12.6 Å². The van der Waals surface area contributed by atoms with Crippen molar-refractivity contribution in [3.63, 3.8) is 0 Å². The fourth-order valence-corrected chi connectivity index (χ4v) is 0.524. The molecule has 0 amide bonds. The molecule has 0 spiro atoms. The number of carbonyl (C=O) groups is 1. The topological polar surface area (TPSA) is 80.4 Å². The number of nitro groups is 1. The van der Waals surface area contributed by atoms with Crippen LogP contribution in [0.25, 0.3) is 0 Å². The van der Waals surface area contributed by atoms with Crippen molar-refractivity contribution in [2.45, 2.75) is 6.04 Å². The number of aliphatic carboxylic acids is 1. The minimum Gasteiger partial charge on any atom is -0.476 e. The normalized spacial score (nSPS) is 12.6. The van der Waals surface area contributed by atoms with Gasteiger partial charge >= 0.3 is 12.0 Å². The Morgan fingerprint density at radius 1 is 1.89 bits per heavy atom. The standard InChI is InChI=1S/C3H5NO4S/c5-3(6)2(1-9)4(7)8/h2,9H,1H2,(H,5,6). The van der Waals surface area contributed by atoms with E-state index in [9.17, 15) is 14.9 Å². The highest BCUT2D eigenvalue weighted by molar-refractivity contribution is 7.80. The Kier molecular flexibility index (Phi) is 3.00. The molecule has 0 saturated heterocycles. The lowest BCUT2D eigenvalue weighted by Gasteiger charge is -1.97. The van der Waals surface area contributed by atoms with Crippen molar-refractivity contribution in [2.24, 2.45) is 0 Å². The molecule has 9 heavy (non-hydrogen) atoms. The predicted octanol–water partition coefficient (Wildman–Crippen LogP) is -0.354. The lowest BCUT2D eigenvalue weighted by atomic mass is 10.4. The number of hydrogen-bond acceptors (Lipinski definition) is 4. The van der Waals surface area contributed by atoms with Gasteiger partial charge in [-0.1, -0.05) is 0 Å². The number of carboxylic acids is 1. The quantitative estimate of drug-likeness (QED) is 0.328. The number of thiol groups is 1. The largest absolute Gasteiger partial charge is 0.476 e. The Morgan fingerprint density at radius 2 is 2.33 bits per heavy atom. The van der Waals surface area contributed by atoms with E-state index in [1.165, 1.54) is 0 Å². The molecule has 0 aromatic heterocycles. The SMILES string of the molecule is O=C(O)C(CS)[N+](=O)[O-]. The van der Waals surface area contributed by atoms with Crippen molar-refractivity contribution in [2.75, 3.05) is 5.75 Å². The summed E-state index contributed by atoms with van der Waals surface area (Å²) < 4.78 is 0. The summed E-state index contributed by atoms with van der Waals surface area (Å²) in [5.74, 6) is -1.72. The molecule has 0 heterocycles. The van der Waals surface area contributed by atoms with Crippen LogP contribution in [0.15, 0.2) is 0 Å². The summed E-state index contributed by atoms with van der Waals surface area (Å²) in [6.07, 6.45) is 0. The zero-order valence-electron chi connectivity index (χ0n) is 4.35. The lowest BCUT2D eigenvalue weighted by molar-refractivity contribution is -0.504. The Morgan fingerprint density at radius 3 is 2.33 bits per heavy atom. The molecule has 0 aliphatic carbocycles. The molecule has 0 aromatic carbocycles. The van der Waals surface area contributed by atoms with Gasteiger partial charge in [0.2, 0.25) is 0 Å². The van der Waals surface area contributed by atoms with E-state index in [0.29, 0.717) is 0 Å². The number of nitrogens with zero attached hydrogens (tertiary/aromatic N) is 1. The molecular weight excluding hydrogens is 146 g/mol. The van der Waals surface area contributed by atoms with Crippen molar-refractivity contribution >= 4 is 18.6 Å². The molecule has 0 radical (unpaired) electrons. The van der Waals surface area contributed by atoms with Crippen molar-refractivity contribution in [1.82, 2.24) is 0 Å². The second kappa shape index (κ2) is 3.29. The summed E-state index contributed by atoms with van der Waals surface area (Å²) in [7, 11) is 0. The third-order valence-electron chi connectivity index (χ3n) is 0.712. The lowest BCUT2D eigenvalue weighted by Crippen LogP contribution is -2.30. The van der Waals surface area contributed by atoms with Crippen LogP contribution in [0, 0.1) is 10.1 Å². The van der Waals surface area contributed by atoms with Gasteiger partial charge in [0, 0.05) is 4.92 Å². The van der Waals surface area contributed by atoms with Crippen LogP contribution in [0.4, 0.5) is 0 Å². The maximum Gasteiger partial charge on any atom is 0.380 e. The third kappa shape index (κ3) is 2.31. The second-order valence-electron chi connectivity index (χ2n) is 1.32. The molecule has 6 heteroatoms. The van der Waals surface area contributed by atoms with Gasteiger partial charge in [0.25, 0.3) is 0 Å². The monoisotopic (exact) mass is 151 g/mol.